The van der Waals surface area contributed by atoms with E-state index in [4.69, 9.17) is 0 Å². The van der Waals surface area contributed by atoms with Crippen molar-refractivity contribution < 1.29 is 4.79 Å². The van der Waals surface area contributed by atoms with E-state index in [9.17, 15) is 4.79 Å². The van der Waals surface area contributed by atoms with Crippen LogP contribution in [-0.4, -0.2) is 17.9 Å². The molecule has 2 aliphatic rings. The molecular formula is C18H23NO. The van der Waals surface area contributed by atoms with Crippen LogP contribution in [0.15, 0.2) is 35.9 Å². The van der Waals surface area contributed by atoms with Gasteiger partial charge in [0, 0.05) is 24.9 Å². The van der Waals surface area contributed by atoms with Crippen molar-refractivity contribution in [1.82, 2.24) is 5.32 Å². The van der Waals surface area contributed by atoms with Crippen LogP contribution in [-0.2, 0) is 4.79 Å². The molecule has 0 heterocycles. The Bertz CT molecular complexity index is 495. The quantitative estimate of drug-likeness (QED) is 0.905. The van der Waals surface area contributed by atoms with Gasteiger partial charge in [-0.05, 0) is 37.7 Å². The molecule has 0 spiro atoms. The highest BCUT2D eigenvalue weighted by molar-refractivity contribution is 5.79. The third-order valence-corrected chi connectivity index (χ3v) is 4.56. The second kappa shape index (κ2) is 5.92. The monoisotopic (exact) mass is 269 g/mol. The Morgan fingerprint density at radius 2 is 1.90 bits per heavy atom. The summed E-state index contributed by atoms with van der Waals surface area (Å²) in [6.07, 6.45) is 7.16. The first-order chi connectivity index (χ1) is 9.72. The molecule has 2 saturated carbocycles. The van der Waals surface area contributed by atoms with E-state index in [1.165, 1.54) is 17.6 Å². The molecule has 2 atom stereocenters. The number of carbonyl (C=O) groups excluding carboxylic acids is 1. The van der Waals surface area contributed by atoms with E-state index in [-0.39, 0.29) is 0 Å². The first-order valence-electron chi connectivity index (χ1n) is 7.73. The van der Waals surface area contributed by atoms with Gasteiger partial charge in [0.1, 0.15) is 5.78 Å². The zero-order valence-corrected chi connectivity index (χ0v) is 12.1. The summed E-state index contributed by atoms with van der Waals surface area (Å²) in [4.78, 5) is 11.2. The third-order valence-electron chi connectivity index (χ3n) is 4.56. The maximum atomic E-state index is 11.2. The molecule has 1 aromatic carbocycles. The molecule has 3 rings (SSSR count). The molecule has 0 radical (unpaired) electrons. The van der Waals surface area contributed by atoms with Gasteiger partial charge in [-0.1, -0.05) is 42.0 Å². The number of hydrogen-bond donors (Lipinski definition) is 1. The van der Waals surface area contributed by atoms with E-state index in [0.717, 1.165) is 25.7 Å². The lowest BCUT2D eigenvalue weighted by molar-refractivity contribution is -0.120. The van der Waals surface area contributed by atoms with Gasteiger partial charge in [0.2, 0.25) is 0 Å². The van der Waals surface area contributed by atoms with Crippen LogP contribution in [0.2, 0.25) is 0 Å². The van der Waals surface area contributed by atoms with E-state index in [0.29, 0.717) is 23.8 Å². The molecular weight excluding hydrogens is 246 g/mol. The van der Waals surface area contributed by atoms with Crippen molar-refractivity contribution in [2.45, 2.75) is 51.1 Å². The second-order valence-corrected chi connectivity index (χ2v) is 6.23. The topological polar surface area (TPSA) is 29.1 Å². The summed E-state index contributed by atoms with van der Waals surface area (Å²) in [5, 5.41) is 3.74. The average Bonchev–Trinajstić information content (AvgIpc) is 3.22. The number of nitrogens with one attached hydrogen (secondary N) is 1. The van der Waals surface area contributed by atoms with Gasteiger partial charge >= 0.3 is 0 Å². The minimum Gasteiger partial charge on any atom is -0.311 e. The highest BCUT2D eigenvalue weighted by Gasteiger charge is 2.39. The Labute approximate surface area is 121 Å². The zero-order chi connectivity index (χ0) is 13.9. The van der Waals surface area contributed by atoms with Crippen molar-refractivity contribution in [3.05, 3.63) is 41.5 Å². The van der Waals surface area contributed by atoms with E-state index in [1.54, 1.807) is 0 Å². The lowest BCUT2D eigenvalue weighted by Gasteiger charge is -2.22. The van der Waals surface area contributed by atoms with Crippen molar-refractivity contribution in [2.24, 2.45) is 5.92 Å². The summed E-state index contributed by atoms with van der Waals surface area (Å²) >= 11 is 0. The SMILES string of the molecule is CC(=Cc1ccccc1)C1CC1NC1CCC(=O)CC1. The summed E-state index contributed by atoms with van der Waals surface area (Å²) in [5.41, 5.74) is 2.76. The predicted octanol–water partition coefficient (Wildman–Crippen LogP) is 3.58. The Hall–Kier alpha value is -1.41. The zero-order valence-electron chi connectivity index (χ0n) is 12.1. The molecule has 0 aliphatic heterocycles. The average molecular weight is 269 g/mol. The molecule has 2 heteroatoms. The fourth-order valence-electron chi connectivity index (χ4n) is 3.21. The van der Waals surface area contributed by atoms with Crippen LogP contribution in [0.3, 0.4) is 0 Å². The first-order valence-corrected chi connectivity index (χ1v) is 7.73. The minimum absolute atomic E-state index is 0.440. The number of benzene rings is 1. The third kappa shape index (κ3) is 3.37. The van der Waals surface area contributed by atoms with Gasteiger partial charge in [0.25, 0.3) is 0 Å². The molecule has 0 bridgehead atoms. The normalized spacial score (nSPS) is 27.6. The Kier molecular flexibility index (Phi) is 4.02. The summed E-state index contributed by atoms with van der Waals surface area (Å²) in [5.74, 6) is 1.13. The van der Waals surface area contributed by atoms with Gasteiger partial charge in [0.05, 0.1) is 0 Å². The Morgan fingerprint density at radius 3 is 2.60 bits per heavy atom. The van der Waals surface area contributed by atoms with E-state index >= 15 is 0 Å². The van der Waals surface area contributed by atoms with Gasteiger partial charge in [-0.2, -0.15) is 0 Å². The summed E-state index contributed by atoms with van der Waals surface area (Å²) in [6.45, 7) is 2.24. The molecule has 106 valence electrons. The molecule has 0 amide bonds. The fourth-order valence-corrected chi connectivity index (χ4v) is 3.21. The first kappa shape index (κ1) is 13.6. The van der Waals surface area contributed by atoms with Crippen LogP contribution in [0.1, 0.15) is 44.6 Å². The molecule has 20 heavy (non-hydrogen) atoms. The largest absolute Gasteiger partial charge is 0.311 e. The van der Waals surface area contributed by atoms with E-state index in [1.807, 2.05) is 0 Å². The molecule has 0 saturated heterocycles. The van der Waals surface area contributed by atoms with Crippen LogP contribution in [0.25, 0.3) is 6.08 Å². The highest BCUT2D eigenvalue weighted by Crippen LogP contribution is 2.39. The molecule has 2 unspecified atom stereocenters. The highest BCUT2D eigenvalue weighted by atomic mass is 16.1. The summed E-state index contributed by atoms with van der Waals surface area (Å²) < 4.78 is 0. The van der Waals surface area contributed by atoms with Crippen LogP contribution in [0, 0.1) is 5.92 Å². The standard InChI is InChI=1S/C18H23NO/c1-13(11-14-5-3-2-4-6-14)17-12-18(17)19-15-7-9-16(20)10-8-15/h2-6,11,15,17-19H,7-10,12H2,1H3. The van der Waals surface area contributed by atoms with Crippen molar-refractivity contribution in [1.29, 1.82) is 0 Å². The number of hydrogen-bond acceptors (Lipinski definition) is 2. The lowest BCUT2D eigenvalue weighted by Crippen LogP contribution is -2.35. The number of carbonyl (C=O) groups is 1. The van der Waals surface area contributed by atoms with Crippen LogP contribution >= 0.6 is 0 Å². The van der Waals surface area contributed by atoms with E-state index in [2.05, 4.69) is 48.6 Å². The van der Waals surface area contributed by atoms with Crippen molar-refractivity contribution >= 4 is 11.9 Å². The maximum absolute atomic E-state index is 11.2. The fraction of sp³-hybridized carbons (Fsp3) is 0.500. The predicted molar refractivity (Wildman–Crippen MR) is 82.4 cm³/mol. The molecule has 2 nitrogen and oxygen atoms in total. The summed E-state index contributed by atoms with van der Waals surface area (Å²) in [7, 11) is 0. The van der Waals surface area contributed by atoms with Gasteiger partial charge in [-0.25, -0.2) is 0 Å². The van der Waals surface area contributed by atoms with Gasteiger partial charge in [-0.3, -0.25) is 4.79 Å². The summed E-state index contributed by atoms with van der Waals surface area (Å²) in [6, 6.07) is 11.7. The van der Waals surface area contributed by atoms with Crippen molar-refractivity contribution in [3.63, 3.8) is 0 Å². The van der Waals surface area contributed by atoms with E-state index < -0.39 is 0 Å². The molecule has 1 N–H and O–H groups in total. The van der Waals surface area contributed by atoms with Crippen LogP contribution in [0.5, 0.6) is 0 Å². The second-order valence-electron chi connectivity index (χ2n) is 6.23. The smallest absolute Gasteiger partial charge is 0.133 e. The molecule has 2 fully saturated rings. The maximum Gasteiger partial charge on any atom is 0.133 e. The van der Waals surface area contributed by atoms with Crippen molar-refractivity contribution in [3.8, 4) is 0 Å². The molecule has 2 aliphatic carbocycles. The van der Waals surface area contributed by atoms with Gasteiger partial charge in [-0.15, -0.1) is 0 Å². The Morgan fingerprint density at radius 1 is 1.20 bits per heavy atom. The van der Waals surface area contributed by atoms with Crippen LogP contribution in [0.4, 0.5) is 0 Å². The minimum atomic E-state index is 0.440. The lowest BCUT2D eigenvalue weighted by atomic mass is 9.94. The Balaban J connectivity index is 1.51. The van der Waals surface area contributed by atoms with Crippen LogP contribution < -0.4 is 5.32 Å². The molecule has 0 aromatic heterocycles. The molecule has 1 aromatic rings. The van der Waals surface area contributed by atoms with Crippen molar-refractivity contribution in [2.75, 3.05) is 0 Å². The number of rotatable bonds is 4. The van der Waals surface area contributed by atoms with Gasteiger partial charge in [0.15, 0.2) is 0 Å². The number of ketones is 1. The van der Waals surface area contributed by atoms with Gasteiger partial charge < -0.3 is 5.32 Å². The number of Topliss-reactive ketones (excluding diaryl/α,β-unsaturated/α-hetero) is 1.